The summed E-state index contributed by atoms with van der Waals surface area (Å²) in [7, 11) is 0. The van der Waals surface area contributed by atoms with Gasteiger partial charge in [-0.25, -0.2) is 4.98 Å². The van der Waals surface area contributed by atoms with Crippen LogP contribution in [0.4, 0.5) is 5.69 Å². The molecular formula is C17H21N3O2S. The molecule has 2 aromatic rings. The number of aromatic nitrogens is 1. The zero-order valence-corrected chi connectivity index (χ0v) is 13.7. The molecule has 1 fully saturated rings. The van der Waals surface area contributed by atoms with Crippen molar-refractivity contribution >= 4 is 22.9 Å². The summed E-state index contributed by atoms with van der Waals surface area (Å²) in [5.74, 6) is 1.12. The molecular weight excluding hydrogens is 310 g/mol. The van der Waals surface area contributed by atoms with Gasteiger partial charge >= 0.3 is 0 Å². The van der Waals surface area contributed by atoms with Crippen molar-refractivity contribution in [3.63, 3.8) is 0 Å². The molecule has 0 aliphatic heterocycles. The molecule has 1 aromatic heterocycles. The van der Waals surface area contributed by atoms with Gasteiger partial charge in [0.25, 0.3) is 0 Å². The molecule has 1 saturated carbocycles. The van der Waals surface area contributed by atoms with Crippen LogP contribution in [-0.2, 0) is 11.4 Å². The molecule has 6 heteroatoms. The van der Waals surface area contributed by atoms with Gasteiger partial charge in [-0.3, -0.25) is 4.79 Å². The summed E-state index contributed by atoms with van der Waals surface area (Å²) in [6.07, 6.45) is 3.05. The fourth-order valence-electron chi connectivity index (χ4n) is 3.03. The van der Waals surface area contributed by atoms with E-state index in [9.17, 15) is 4.79 Å². The van der Waals surface area contributed by atoms with Gasteiger partial charge in [0.05, 0.1) is 11.2 Å². The Morgan fingerprint density at radius 2 is 2.35 bits per heavy atom. The number of benzene rings is 1. The van der Waals surface area contributed by atoms with Crippen molar-refractivity contribution in [3.05, 3.63) is 40.8 Å². The molecule has 0 bridgehead atoms. The van der Waals surface area contributed by atoms with Crippen LogP contribution in [0.5, 0.6) is 5.75 Å². The van der Waals surface area contributed by atoms with Crippen LogP contribution in [0, 0.1) is 11.8 Å². The third kappa shape index (κ3) is 4.09. The molecule has 1 aromatic carbocycles. The molecule has 1 amide bonds. The lowest BCUT2D eigenvalue weighted by molar-refractivity contribution is -0.120. The van der Waals surface area contributed by atoms with E-state index < -0.39 is 0 Å². The van der Waals surface area contributed by atoms with Gasteiger partial charge in [-0.15, -0.1) is 11.3 Å². The molecule has 2 atom stereocenters. The Kier molecular flexibility index (Phi) is 5.25. The number of ether oxygens (including phenoxy) is 1. The van der Waals surface area contributed by atoms with Crippen LogP contribution in [0.25, 0.3) is 0 Å². The topological polar surface area (TPSA) is 77.2 Å². The van der Waals surface area contributed by atoms with Crippen molar-refractivity contribution in [1.82, 2.24) is 4.98 Å². The van der Waals surface area contributed by atoms with Crippen LogP contribution in [0.2, 0.25) is 0 Å². The standard InChI is InChI=1S/C17H21N3O2S/c18-8-12-3-1-6-16(12)17(21)20-13-4-2-5-15(7-13)22-9-14-10-23-11-19-14/h2,4-5,7,10-12,16H,1,3,6,8-9,18H2,(H,20,21)/t12-,16-/m1/s1. The lowest BCUT2D eigenvalue weighted by atomic mass is 9.95. The number of anilines is 1. The van der Waals surface area contributed by atoms with Crippen molar-refractivity contribution in [1.29, 1.82) is 0 Å². The van der Waals surface area contributed by atoms with E-state index in [1.54, 1.807) is 16.8 Å². The minimum atomic E-state index is 0.0274. The first-order valence-electron chi connectivity index (χ1n) is 7.87. The van der Waals surface area contributed by atoms with Crippen LogP contribution in [0.1, 0.15) is 25.0 Å². The summed E-state index contributed by atoms with van der Waals surface area (Å²) in [6, 6.07) is 7.47. The molecule has 3 rings (SSSR count). The average Bonchev–Trinajstić information content (AvgIpc) is 3.24. The summed E-state index contributed by atoms with van der Waals surface area (Å²) in [4.78, 5) is 16.6. The largest absolute Gasteiger partial charge is 0.487 e. The van der Waals surface area contributed by atoms with Crippen LogP contribution in [0.3, 0.4) is 0 Å². The summed E-state index contributed by atoms with van der Waals surface area (Å²) in [5, 5.41) is 4.95. The Hall–Kier alpha value is -1.92. The number of hydrogen-bond donors (Lipinski definition) is 2. The molecule has 23 heavy (non-hydrogen) atoms. The van der Waals surface area contributed by atoms with E-state index in [-0.39, 0.29) is 11.8 Å². The molecule has 5 nitrogen and oxygen atoms in total. The second-order valence-electron chi connectivity index (χ2n) is 5.82. The van der Waals surface area contributed by atoms with Crippen LogP contribution >= 0.6 is 11.3 Å². The number of rotatable bonds is 6. The predicted molar refractivity (Wildman–Crippen MR) is 91.4 cm³/mol. The Labute approximate surface area is 139 Å². The van der Waals surface area contributed by atoms with E-state index in [2.05, 4.69) is 10.3 Å². The zero-order valence-electron chi connectivity index (χ0n) is 12.9. The fraction of sp³-hybridized carbons (Fsp3) is 0.412. The van der Waals surface area contributed by atoms with E-state index in [0.29, 0.717) is 19.1 Å². The number of nitrogens with zero attached hydrogens (tertiary/aromatic N) is 1. The number of carbonyl (C=O) groups is 1. The summed E-state index contributed by atoms with van der Waals surface area (Å²) >= 11 is 1.54. The minimum absolute atomic E-state index is 0.0274. The van der Waals surface area contributed by atoms with E-state index in [1.807, 2.05) is 29.6 Å². The van der Waals surface area contributed by atoms with Gasteiger partial charge in [-0.05, 0) is 37.4 Å². The summed E-state index contributed by atoms with van der Waals surface area (Å²) in [5.41, 5.74) is 9.20. The van der Waals surface area contributed by atoms with E-state index in [0.717, 1.165) is 36.4 Å². The molecule has 3 N–H and O–H groups in total. The van der Waals surface area contributed by atoms with Crippen molar-refractivity contribution in [2.75, 3.05) is 11.9 Å². The van der Waals surface area contributed by atoms with Gasteiger partial charge in [0.1, 0.15) is 12.4 Å². The number of nitrogens with one attached hydrogen (secondary N) is 1. The third-order valence-electron chi connectivity index (χ3n) is 4.27. The second kappa shape index (κ2) is 7.57. The first kappa shape index (κ1) is 16.0. The van der Waals surface area contributed by atoms with Gasteiger partial charge in [0, 0.05) is 23.1 Å². The number of hydrogen-bond acceptors (Lipinski definition) is 5. The van der Waals surface area contributed by atoms with Gasteiger partial charge in [0.15, 0.2) is 0 Å². The maximum atomic E-state index is 12.4. The molecule has 1 heterocycles. The Bertz CT molecular complexity index is 645. The highest BCUT2D eigenvalue weighted by molar-refractivity contribution is 7.07. The first-order valence-corrected chi connectivity index (χ1v) is 8.81. The normalized spacial score (nSPS) is 20.4. The van der Waals surface area contributed by atoms with E-state index in [4.69, 9.17) is 10.5 Å². The maximum absolute atomic E-state index is 12.4. The second-order valence-corrected chi connectivity index (χ2v) is 6.54. The average molecular weight is 331 g/mol. The SMILES string of the molecule is NC[C@H]1CCC[C@H]1C(=O)Nc1cccc(OCc2cscn2)c1. The third-order valence-corrected chi connectivity index (χ3v) is 4.91. The smallest absolute Gasteiger partial charge is 0.227 e. The number of nitrogens with two attached hydrogens (primary N) is 1. The molecule has 122 valence electrons. The number of thiazole rings is 1. The Morgan fingerprint density at radius 3 is 3.13 bits per heavy atom. The van der Waals surface area contributed by atoms with Crippen molar-refractivity contribution < 1.29 is 9.53 Å². The maximum Gasteiger partial charge on any atom is 0.227 e. The summed E-state index contributed by atoms with van der Waals surface area (Å²) < 4.78 is 5.71. The van der Waals surface area contributed by atoms with Crippen LogP contribution in [-0.4, -0.2) is 17.4 Å². The zero-order chi connectivity index (χ0) is 16.1. The molecule has 1 aliphatic rings. The van der Waals surface area contributed by atoms with Gasteiger partial charge in [-0.2, -0.15) is 0 Å². The minimum Gasteiger partial charge on any atom is -0.487 e. The van der Waals surface area contributed by atoms with Crippen molar-refractivity contribution in [2.45, 2.75) is 25.9 Å². The highest BCUT2D eigenvalue weighted by Gasteiger charge is 2.31. The molecule has 0 saturated heterocycles. The highest BCUT2D eigenvalue weighted by atomic mass is 32.1. The lowest BCUT2D eigenvalue weighted by Crippen LogP contribution is -2.29. The predicted octanol–water partition coefficient (Wildman–Crippen LogP) is 3.04. The van der Waals surface area contributed by atoms with Gasteiger partial charge < -0.3 is 15.8 Å². The summed E-state index contributed by atoms with van der Waals surface area (Å²) in [6.45, 7) is 1.01. The van der Waals surface area contributed by atoms with Crippen LogP contribution < -0.4 is 15.8 Å². The van der Waals surface area contributed by atoms with E-state index >= 15 is 0 Å². The molecule has 1 aliphatic carbocycles. The van der Waals surface area contributed by atoms with Gasteiger partial charge in [-0.1, -0.05) is 12.5 Å². The Morgan fingerprint density at radius 1 is 1.43 bits per heavy atom. The molecule has 0 spiro atoms. The van der Waals surface area contributed by atoms with Crippen molar-refractivity contribution in [3.8, 4) is 5.75 Å². The first-order chi connectivity index (χ1) is 11.3. The lowest BCUT2D eigenvalue weighted by Gasteiger charge is -2.17. The monoisotopic (exact) mass is 331 g/mol. The number of carbonyl (C=O) groups excluding carboxylic acids is 1. The molecule has 0 unspecified atom stereocenters. The van der Waals surface area contributed by atoms with Crippen LogP contribution in [0.15, 0.2) is 35.2 Å². The fourth-order valence-corrected chi connectivity index (χ4v) is 3.57. The van der Waals surface area contributed by atoms with Gasteiger partial charge in [0.2, 0.25) is 5.91 Å². The Balaban J connectivity index is 1.59. The molecule has 0 radical (unpaired) electrons. The quantitative estimate of drug-likeness (QED) is 0.853. The van der Waals surface area contributed by atoms with E-state index in [1.165, 1.54) is 0 Å². The highest BCUT2D eigenvalue weighted by Crippen LogP contribution is 2.32. The van der Waals surface area contributed by atoms with Crippen molar-refractivity contribution in [2.24, 2.45) is 17.6 Å². The number of amides is 1.